The number of carbonyl (C=O) groups is 1. The first-order valence-electron chi connectivity index (χ1n) is 16.7. The largest absolute Gasteiger partial charge is 0.331 e. The topological polar surface area (TPSA) is 43.1 Å². The molecule has 0 atom stereocenters. The molecule has 0 heterocycles. The Kier molecular flexibility index (Phi) is 29.3. The quantitative estimate of drug-likeness (QED) is 0.105. The molecular formula is C44H54I2NOP. The minimum atomic E-state index is -0.446. The molecule has 0 radical (unpaired) electrons. The number of carbonyl (C=O) groups excluding carboxylic acids is 1. The molecule has 0 unspecified atom stereocenters. The summed E-state index contributed by atoms with van der Waals surface area (Å²) in [6.07, 6.45) is 6.93. The van der Waals surface area contributed by atoms with Gasteiger partial charge in [-0.2, -0.15) is 0 Å². The van der Waals surface area contributed by atoms with Crippen molar-refractivity contribution < 1.29 is 4.79 Å². The Labute approximate surface area is 326 Å². The van der Waals surface area contributed by atoms with Crippen molar-refractivity contribution in [3.8, 4) is 11.1 Å². The van der Waals surface area contributed by atoms with Gasteiger partial charge in [-0.15, -0.1) is 0 Å². The molecule has 49 heavy (non-hydrogen) atoms. The van der Waals surface area contributed by atoms with Crippen LogP contribution < -0.4 is 21.6 Å². The monoisotopic (exact) mass is 897 g/mol. The summed E-state index contributed by atoms with van der Waals surface area (Å²) in [5.74, 6) is -0.0394. The first kappa shape index (κ1) is 46.1. The summed E-state index contributed by atoms with van der Waals surface area (Å²) in [4.78, 5) is 10.2. The van der Waals surface area contributed by atoms with Gasteiger partial charge in [0.05, 0.1) is 0 Å². The molecule has 5 aromatic rings. The molecule has 0 amide bonds. The number of hydrogen-bond donors (Lipinski definition) is 1. The van der Waals surface area contributed by atoms with E-state index in [9.17, 15) is 4.79 Å². The summed E-state index contributed by atoms with van der Waals surface area (Å²) >= 11 is 4.64. The SMILES string of the molecule is C=CC(=O)C=CC.CCC.CCC.CCN.Ic1ccc(-c2ccc(I)cc2)cc1.c1ccc(P(c2ccccc2)c2ccccc2)cc1. The number of allylic oxidation sites excluding steroid dienone is 3. The summed E-state index contributed by atoms with van der Waals surface area (Å²) in [6.45, 7) is 16.2. The van der Waals surface area contributed by atoms with E-state index in [4.69, 9.17) is 5.73 Å². The zero-order valence-corrected chi connectivity index (χ0v) is 35.2. The molecule has 0 fully saturated rings. The van der Waals surface area contributed by atoms with E-state index in [1.165, 1.54) is 59.2 Å². The Morgan fingerprint density at radius 1 is 0.592 bits per heavy atom. The molecule has 0 spiro atoms. The number of halogens is 2. The fourth-order valence-electron chi connectivity index (χ4n) is 3.70. The van der Waals surface area contributed by atoms with Gasteiger partial charge in [-0.3, -0.25) is 4.79 Å². The third kappa shape index (κ3) is 21.7. The highest BCUT2D eigenvalue weighted by molar-refractivity contribution is 14.1. The summed E-state index contributed by atoms with van der Waals surface area (Å²) in [7, 11) is -0.446. The second-order valence-corrected chi connectivity index (χ2v) is 15.0. The molecule has 0 saturated carbocycles. The predicted octanol–water partition coefficient (Wildman–Crippen LogP) is 12.1. The third-order valence-corrected chi connectivity index (χ3v) is 9.48. The lowest BCUT2D eigenvalue weighted by molar-refractivity contribution is -0.110. The molecule has 0 aliphatic heterocycles. The fourth-order valence-corrected chi connectivity index (χ4v) is 6.72. The molecule has 0 aromatic heterocycles. The van der Waals surface area contributed by atoms with Crippen molar-refractivity contribution in [2.45, 2.75) is 54.4 Å². The second-order valence-electron chi connectivity index (χ2n) is 10.3. The highest BCUT2D eigenvalue weighted by Gasteiger charge is 2.15. The van der Waals surface area contributed by atoms with E-state index in [-0.39, 0.29) is 5.78 Å². The van der Waals surface area contributed by atoms with Crippen LogP contribution in [0.2, 0.25) is 0 Å². The van der Waals surface area contributed by atoms with Crippen LogP contribution in [0, 0.1) is 7.14 Å². The van der Waals surface area contributed by atoms with Crippen molar-refractivity contribution in [1.29, 1.82) is 0 Å². The van der Waals surface area contributed by atoms with Crippen molar-refractivity contribution in [2.75, 3.05) is 6.54 Å². The Hall–Kier alpha value is -2.90. The van der Waals surface area contributed by atoms with Gasteiger partial charge < -0.3 is 5.73 Å². The maximum absolute atomic E-state index is 10.2. The third-order valence-electron chi connectivity index (χ3n) is 5.60. The van der Waals surface area contributed by atoms with Crippen LogP contribution in [0.25, 0.3) is 11.1 Å². The number of hydrogen-bond acceptors (Lipinski definition) is 2. The van der Waals surface area contributed by atoms with Gasteiger partial charge in [0.2, 0.25) is 0 Å². The summed E-state index contributed by atoms with van der Waals surface area (Å²) in [5.41, 5.74) is 7.41. The number of rotatable bonds is 6. The van der Waals surface area contributed by atoms with E-state index in [2.05, 4.69) is 219 Å². The smallest absolute Gasteiger partial charge is 0.177 e. The molecule has 5 aromatic carbocycles. The number of nitrogens with two attached hydrogens (primary N) is 1. The lowest BCUT2D eigenvalue weighted by Crippen LogP contribution is -2.20. The van der Waals surface area contributed by atoms with Crippen LogP contribution in [0.3, 0.4) is 0 Å². The van der Waals surface area contributed by atoms with Gasteiger partial charge in [0.1, 0.15) is 0 Å². The van der Waals surface area contributed by atoms with E-state index in [1.807, 2.05) is 6.92 Å². The van der Waals surface area contributed by atoms with Crippen LogP contribution in [0.5, 0.6) is 0 Å². The number of benzene rings is 5. The molecule has 0 aliphatic carbocycles. The van der Waals surface area contributed by atoms with Crippen molar-refractivity contribution in [3.63, 3.8) is 0 Å². The Morgan fingerprint density at radius 3 is 1.06 bits per heavy atom. The van der Waals surface area contributed by atoms with Gasteiger partial charge in [0.15, 0.2) is 5.78 Å². The van der Waals surface area contributed by atoms with Crippen LogP contribution in [-0.4, -0.2) is 12.3 Å². The highest BCUT2D eigenvalue weighted by atomic mass is 127. The van der Waals surface area contributed by atoms with Gasteiger partial charge >= 0.3 is 0 Å². The van der Waals surface area contributed by atoms with E-state index >= 15 is 0 Å². The minimum absolute atomic E-state index is 0.0394. The van der Waals surface area contributed by atoms with Gasteiger partial charge in [-0.1, -0.05) is 175 Å². The van der Waals surface area contributed by atoms with Crippen LogP contribution in [0.15, 0.2) is 164 Å². The van der Waals surface area contributed by atoms with E-state index in [1.54, 1.807) is 13.0 Å². The lowest BCUT2D eigenvalue weighted by atomic mass is 10.1. The summed E-state index contributed by atoms with van der Waals surface area (Å²) < 4.78 is 2.55. The van der Waals surface area contributed by atoms with Crippen LogP contribution in [-0.2, 0) is 4.79 Å². The molecule has 5 heteroatoms. The normalized spacial score (nSPS) is 9.43. The van der Waals surface area contributed by atoms with Crippen LogP contribution in [0.1, 0.15) is 54.4 Å². The van der Waals surface area contributed by atoms with Crippen molar-refractivity contribution in [3.05, 3.63) is 171 Å². The van der Waals surface area contributed by atoms with E-state index in [0.717, 1.165) is 6.54 Å². The predicted molar refractivity (Wildman–Crippen MR) is 239 cm³/mol. The maximum Gasteiger partial charge on any atom is 0.177 e. The molecule has 0 saturated heterocycles. The maximum atomic E-state index is 10.2. The molecular weight excluding hydrogens is 843 g/mol. The van der Waals surface area contributed by atoms with Gasteiger partial charge in [0, 0.05) is 7.14 Å². The average molecular weight is 898 g/mol. The van der Waals surface area contributed by atoms with Crippen LogP contribution in [0.4, 0.5) is 0 Å². The van der Waals surface area contributed by atoms with Gasteiger partial charge in [0.25, 0.3) is 0 Å². The molecule has 5 rings (SSSR count). The molecule has 0 aliphatic rings. The zero-order valence-electron chi connectivity index (χ0n) is 30.0. The van der Waals surface area contributed by atoms with Crippen molar-refractivity contribution in [1.82, 2.24) is 0 Å². The van der Waals surface area contributed by atoms with E-state index in [0.29, 0.717) is 0 Å². The Bertz CT molecular complexity index is 1380. The summed E-state index contributed by atoms with van der Waals surface area (Å²) in [5, 5.41) is 4.19. The van der Waals surface area contributed by atoms with Crippen molar-refractivity contribution in [2.24, 2.45) is 5.73 Å². The fraction of sp³-hybridized carbons (Fsp3) is 0.205. The second kappa shape index (κ2) is 31.1. The molecule has 2 nitrogen and oxygen atoms in total. The first-order chi connectivity index (χ1) is 23.8. The highest BCUT2D eigenvalue weighted by Crippen LogP contribution is 2.32. The first-order valence-corrected chi connectivity index (χ1v) is 20.2. The van der Waals surface area contributed by atoms with Gasteiger partial charge in [-0.05, 0) is 130 Å². The van der Waals surface area contributed by atoms with Crippen LogP contribution >= 0.6 is 53.1 Å². The van der Waals surface area contributed by atoms with Crippen molar-refractivity contribution >= 4 is 74.8 Å². The Morgan fingerprint density at radius 2 is 0.857 bits per heavy atom. The zero-order chi connectivity index (χ0) is 36.7. The summed E-state index contributed by atoms with van der Waals surface area (Å²) in [6, 6.07) is 49.5. The van der Waals surface area contributed by atoms with Gasteiger partial charge in [-0.25, -0.2) is 0 Å². The Balaban J connectivity index is 0.000000673. The molecule has 0 bridgehead atoms. The molecule has 2 N–H and O–H groups in total. The molecule has 260 valence electrons. The number of ketones is 1. The van der Waals surface area contributed by atoms with E-state index < -0.39 is 7.92 Å². The minimum Gasteiger partial charge on any atom is -0.331 e. The lowest BCUT2D eigenvalue weighted by Gasteiger charge is -2.18. The average Bonchev–Trinajstić information content (AvgIpc) is 3.12. The standard InChI is InChI=1S/C18H15P.C12H8I2.C6H8O.2C3H8.C2H7N/c1-4-10-16(11-5-1)19(17-12-6-2-7-13-17)18-14-8-3-9-15-18;13-11-5-1-9(2-6-11)10-3-7-12(14)8-4-10;1-3-5-6(7)4-2;2*1-3-2;1-2-3/h1-15H;1-8H;3-5H,2H2,1H3;2*3H2,1-2H3;2-3H2,1H3.